The molecule has 2 aromatic rings. The highest BCUT2D eigenvalue weighted by molar-refractivity contribution is 7.93. The van der Waals surface area contributed by atoms with Crippen molar-refractivity contribution in [1.82, 2.24) is 14.8 Å². The molecule has 0 saturated heterocycles. The maximum absolute atomic E-state index is 12.4. The van der Waals surface area contributed by atoms with Crippen LogP contribution in [-0.4, -0.2) is 23.2 Å². The van der Waals surface area contributed by atoms with Crippen LogP contribution in [0.2, 0.25) is 0 Å². The van der Waals surface area contributed by atoms with Crippen molar-refractivity contribution >= 4 is 26.5 Å². The fraction of sp³-hybridized carbons (Fsp3) is 0.455. The Morgan fingerprint density at radius 2 is 2.05 bits per heavy atom. The largest absolute Gasteiger partial charge is 0.268 e. The van der Waals surface area contributed by atoms with Gasteiger partial charge in [0.05, 0.1) is 11.4 Å². The highest BCUT2D eigenvalue weighted by Crippen LogP contribution is 2.24. The molecule has 0 unspecified atom stereocenters. The third-order valence-corrected chi connectivity index (χ3v) is 5.27. The average Bonchev–Trinajstić information content (AvgIpc) is 2.82. The van der Waals surface area contributed by atoms with Crippen LogP contribution in [0.5, 0.6) is 0 Å². The van der Waals surface area contributed by atoms with E-state index in [1.807, 2.05) is 13.8 Å². The SMILES string of the molecule is CCn1nc(C)c(S(=O)(=O)Nc2ncc(C)s2)c1C. The molecule has 8 heteroatoms. The van der Waals surface area contributed by atoms with Gasteiger partial charge in [0.2, 0.25) is 0 Å². The van der Waals surface area contributed by atoms with Crippen LogP contribution in [-0.2, 0) is 16.6 Å². The monoisotopic (exact) mass is 300 g/mol. The lowest BCUT2D eigenvalue weighted by Crippen LogP contribution is -2.14. The number of anilines is 1. The highest BCUT2D eigenvalue weighted by atomic mass is 32.2. The molecular weight excluding hydrogens is 284 g/mol. The molecule has 2 aromatic heterocycles. The van der Waals surface area contributed by atoms with Crippen molar-refractivity contribution < 1.29 is 8.42 Å². The molecule has 19 heavy (non-hydrogen) atoms. The Hall–Kier alpha value is -1.41. The molecule has 2 rings (SSSR count). The number of aromatic nitrogens is 3. The van der Waals surface area contributed by atoms with Crippen LogP contribution < -0.4 is 4.72 Å². The van der Waals surface area contributed by atoms with Gasteiger partial charge in [0.1, 0.15) is 4.90 Å². The summed E-state index contributed by atoms with van der Waals surface area (Å²) in [7, 11) is -3.64. The van der Waals surface area contributed by atoms with E-state index in [-0.39, 0.29) is 4.90 Å². The molecule has 6 nitrogen and oxygen atoms in total. The summed E-state index contributed by atoms with van der Waals surface area (Å²) in [5, 5.41) is 4.60. The van der Waals surface area contributed by atoms with Crippen LogP contribution in [0.1, 0.15) is 23.2 Å². The predicted octanol–water partition coefficient (Wildman–Crippen LogP) is 2.09. The molecule has 0 aromatic carbocycles. The lowest BCUT2D eigenvalue weighted by Gasteiger charge is -2.05. The van der Waals surface area contributed by atoms with Gasteiger partial charge in [0.25, 0.3) is 10.0 Å². The molecule has 104 valence electrons. The molecule has 0 aliphatic carbocycles. The number of rotatable bonds is 4. The molecule has 2 heterocycles. The molecular formula is C11H16N4O2S2. The normalized spacial score (nSPS) is 11.8. The van der Waals surface area contributed by atoms with Gasteiger partial charge in [-0.2, -0.15) is 5.10 Å². The lowest BCUT2D eigenvalue weighted by atomic mass is 10.4. The Labute approximate surface area is 116 Å². The summed E-state index contributed by atoms with van der Waals surface area (Å²) in [5.74, 6) is 0. The molecule has 0 amide bonds. The van der Waals surface area contributed by atoms with E-state index in [0.717, 1.165) is 4.88 Å². The second kappa shape index (κ2) is 4.93. The van der Waals surface area contributed by atoms with Crippen molar-refractivity contribution in [1.29, 1.82) is 0 Å². The van der Waals surface area contributed by atoms with Crippen LogP contribution in [0.3, 0.4) is 0 Å². The van der Waals surface area contributed by atoms with Gasteiger partial charge in [0.15, 0.2) is 5.13 Å². The van der Waals surface area contributed by atoms with E-state index in [1.165, 1.54) is 11.3 Å². The van der Waals surface area contributed by atoms with Crippen molar-refractivity contribution in [2.75, 3.05) is 4.72 Å². The Morgan fingerprint density at radius 1 is 1.37 bits per heavy atom. The molecule has 0 spiro atoms. The van der Waals surface area contributed by atoms with Crippen LogP contribution in [0.4, 0.5) is 5.13 Å². The molecule has 0 saturated carbocycles. The minimum Gasteiger partial charge on any atom is -0.268 e. The van der Waals surface area contributed by atoms with Crippen LogP contribution in [0.25, 0.3) is 0 Å². The van der Waals surface area contributed by atoms with E-state index in [1.54, 1.807) is 24.7 Å². The van der Waals surface area contributed by atoms with E-state index >= 15 is 0 Å². The second-order valence-electron chi connectivity index (χ2n) is 4.20. The molecule has 0 atom stereocenters. The van der Waals surface area contributed by atoms with Crippen molar-refractivity contribution in [3.05, 3.63) is 22.5 Å². The van der Waals surface area contributed by atoms with Crippen molar-refractivity contribution in [3.63, 3.8) is 0 Å². The topological polar surface area (TPSA) is 76.9 Å². The summed E-state index contributed by atoms with van der Waals surface area (Å²) in [6.07, 6.45) is 1.64. The zero-order valence-corrected chi connectivity index (χ0v) is 12.9. The minimum atomic E-state index is -3.64. The van der Waals surface area contributed by atoms with Crippen LogP contribution in [0, 0.1) is 20.8 Å². The van der Waals surface area contributed by atoms with Gasteiger partial charge in [-0.3, -0.25) is 9.40 Å². The molecule has 0 aliphatic heterocycles. The summed E-state index contributed by atoms with van der Waals surface area (Å²) in [4.78, 5) is 5.21. The summed E-state index contributed by atoms with van der Waals surface area (Å²) in [5.41, 5.74) is 1.14. The van der Waals surface area contributed by atoms with E-state index < -0.39 is 10.0 Å². The van der Waals surface area contributed by atoms with Crippen LogP contribution in [0.15, 0.2) is 11.1 Å². The fourth-order valence-electron chi connectivity index (χ4n) is 1.95. The quantitative estimate of drug-likeness (QED) is 0.938. The van der Waals surface area contributed by atoms with Gasteiger partial charge in [-0.05, 0) is 27.7 Å². The molecule has 0 aliphatic rings. The first-order chi connectivity index (χ1) is 8.85. The van der Waals surface area contributed by atoms with E-state index in [0.29, 0.717) is 23.1 Å². The summed E-state index contributed by atoms with van der Waals surface area (Å²) < 4.78 is 28.9. The third kappa shape index (κ3) is 2.64. The maximum atomic E-state index is 12.4. The van der Waals surface area contributed by atoms with Gasteiger partial charge in [0, 0.05) is 17.6 Å². The Kier molecular flexibility index (Phi) is 3.64. The molecule has 0 radical (unpaired) electrons. The van der Waals surface area contributed by atoms with Crippen LogP contribution >= 0.6 is 11.3 Å². The van der Waals surface area contributed by atoms with Crippen molar-refractivity contribution in [3.8, 4) is 0 Å². The Balaban J connectivity index is 2.42. The zero-order valence-electron chi connectivity index (χ0n) is 11.3. The summed E-state index contributed by atoms with van der Waals surface area (Å²) >= 11 is 1.30. The van der Waals surface area contributed by atoms with Crippen molar-refractivity contribution in [2.45, 2.75) is 39.1 Å². The lowest BCUT2D eigenvalue weighted by molar-refractivity contribution is 0.598. The Bertz CT molecular complexity index is 700. The number of hydrogen-bond acceptors (Lipinski definition) is 5. The first kappa shape index (κ1) is 14.0. The standard InChI is InChI=1S/C11H16N4O2S2/c1-5-15-9(4)10(8(3)13-15)19(16,17)14-11-12-6-7(2)18-11/h6H,5H2,1-4H3,(H,12,14). The van der Waals surface area contributed by atoms with Gasteiger partial charge >= 0.3 is 0 Å². The molecule has 1 N–H and O–H groups in total. The summed E-state index contributed by atoms with van der Waals surface area (Å²) in [6.45, 7) is 7.89. The third-order valence-electron chi connectivity index (χ3n) is 2.73. The number of nitrogens with one attached hydrogen (secondary N) is 1. The number of aryl methyl sites for hydroxylation is 3. The number of thiazole rings is 1. The smallest absolute Gasteiger partial charge is 0.267 e. The van der Waals surface area contributed by atoms with Gasteiger partial charge < -0.3 is 0 Å². The maximum Gasteiger partial charge on any atom is 0.267 e. The predicted molar refractivity (Wildman–Crippen MR) is 75.0 cm³/mol. The average molecular weight is 300 g/mol. The van der Waals surface area contributed by atoms with E-state index in [4.69, 9.17) is 0 Å². The number of sulfonamides is 1. The molecule has 0 fully saturated rings. The second-order valence-corrected chi connectivity index (χ2v) is 7.05. The summed E-state index contributed by atoms with van der Waals surface area (Å²) in [6, 6.07) is 0. The van der Waals surface area contributed by atoms with Gasteiger partial charge in [-0.15, -0.1) is 11.3 Å². The molecule has 0 bridgehead atoms. The van der Waals surface area contributed by atoms with E-state index in [9.17, 15) is 8.42 Å². The highest BCUT2D eigenvalue weighted by Gasteiger charge is 2.25. The number of hydrogen-bond donors (Lipinski definition) is 1. The zero-order chi connectivity index (χ0) is 14.2. The number of nitrogens with zero attached hydrogens (tertiary/aromatic N) is 3. The first-order valence-electron chi connectivity index (χ1n) is 5.84. The minimum absolute atomic E-state index is 0.238. The van der Waals surface area contributed by atoms with Gasteiger partial charge in [-0.25, -0.2) is 13.4 Å². The first-order valence-corrected chi connectivity index (χ1v) is 8.14. The van der Waals surface area contributed by atoms with Gasteiger partial charge in [-0.1, -0.05) is 0 Å². The Morgan fingerprint density at radius 3 is 2.53 bits per heavy atom. The van der Waals surface area contributed by atoms with Crippen molar-refractivity contribution in [2.24, 2.45) is 0 Å². The van der Waals surface area contributed by atoms with E-state index in [2.05, 4.69) is 14.8 Å². The fourth-order valence-corrected chi connectivity index (χ4v) is 4.27.